The molecule has 170 valence electrons. The highest BCUT2D eigenvalue weighted by Crippen LogP contribution is 2.32. The molecule has 0 saturated carbocycles. The largest absolute Gasteiger partial charge is 0.449 e. The Bertz CT molecular complexity index is 1310. The van der Waals surface area contributed by atoms with E-state index in [0.29, 0.717) is 22.8 Å². The number of fused-ring (bicyclic) bond motifs is 1. The highest BCUT2D eigenvalue weighted by atomic mass is 32.2. The second kappa shape index (κ2) is 8.99. The summed E-state index contributed by atoms with van der Waals surface area (Å²) >= 11 is 1.38. The Hall–Kier alpha value is -3.79. The number of ether oxygens (including phenoxy) is 1. The Morgan fingerprint density at radius 2 is 1.88 bits per heavy atom. The molecule has 0 fully saturated rings. The highest BCUT2D eigenvalue weighted by Gasteiger charge is 2.24. The van der Waals surface area contributed by atoms with Crippen molar-refractivity contribution in [2.24, 2.45) is 7.05 Å². The summed E-state index contributed by atoms with van der Waals surface area (Å²) in [4.78, 5) is 50.7. The van der Waals surface area contributed by atoms with Crippen molar-refractivity contribution in [1.82, 2.24) is 9.36 Å². The molecule has 1 atom stereocenters. The van der Waals surface area contributed by atoms with Crippen LogP contribution in [0.5, 0.6) is 0 Å². The number of esters is 1. The second-order valence-electron chi connectivity index (χ2n) is 7.52. The fourth-order valence-electron chi connectivity index (χ4n) is 3.43. The van der Waals surface area contributed by atoms with E-state index in [2.05, 4.69) is 10.6 Å². The minimum atomic E-state index is -1.15. The summed E-state index contributed by atoms with van der Waals surface area (Å²) in [5.41, 5.74) is 1.67. The van der Waals surface area contributed by atoms with Gasteiger partial charge in [0.2, 0.25) is 5.91 Å². The Kier molecular flexibility index (Phi) is 6.10. The number of para-hydroxylation sites is 1. The van der Waals surface area contributed by atoms with E-state index in [1.54, 1.807) is 42.9 Å². The van der Waals surface area contributed by atoms with Crippen molar-refractivity contribution < 1.29 is 19.1 Å². The number of hydrogen-bond donors (Lipinski definition) is 2. The average Bonchev–Trinajstić information content (AvgIpc) is 3.01. The van der Waals surface area contributed by atoms with Gasteiger partial charge >= 0.3 is 5.97 Å². The van der Waals surface area contributed by atoms with Gasteiger partial charge in [-0.25, -0.2) is 9.48 Å². The minimum absolute atomic E-state index is 0.114. The van der Waals surface area contributed by atoms with E-state index in [9.17, 15) is 19.2 Å². The van der Waals surface area contributed by atoms with Crippen molar-refractivity contribution in [2.75, 3.05) is 16.4 Å². The van der Waals surface area contributed by atoms with Crippen LogP contribution in [0.25, 0.3) is 5.69 Å². The summed E-state index contributed by atoms with van der Waals surface area (Å²) in [6, 6.07) is 13.9. The molecule has 4 rings (SSSR count). The van der Waals surface area contributed by atoms with Crippen LogP contribution in [0.3, 0.4) is 0 Å². The van der Waals surface area contributed by atoms with E-state index in [1.807, 2.05) is 18.2 Å². The first-order chi connectivity index (χ1) is 15.8. The molecule has 2 aromatic carbocycles. The maximum absolute atomic E-state index is 13.0. The van der Waals surface area contributed by atoms with E-state index in [-0.39, 0.29) is 17.2 Å². The first kappa shape index (κ1) is 22.4. The SMILES string of the molecule is Cc1c(NC(=O)C(C)OC(=O)c2ccc3c(c2)NC(=O)CS3)c(=O)n(-c2ccccc2)n1C. The third kappa shape index (κ3) is 4.42. The molecule has 1 aliphatic heterocycles. The van der Waals surface area contributed by atoms with Crippen molar-refractivity contribution in [1.29, 1.82) is 0 Å². The van der Waals surface area contributed by atoms with Gasteiger partial charge in [0.05, 0.1) is 28.4 Å². The Labute approximate surface area is 193 Å². The first-order valence-corrected chi connectivity index (χ1v) is 11.2. The van der Waals surface area contributed by atoms with E-state index >= 15 is 0 Å². The normalized spacial score (nSPS) is 13.6. The van der Waals surface area contributed by atoms with Gasteiger partial charge in [-0.2, -0.15) is 0 Å². The Morgan fingerprint density at radius 3 is 2.61 bits per heavy atom. The summed E-state index contributed by atoms with van der Waals surface area (Å²) in [5, 5.41) is 5.30. The Balaban J connectivity index is 1.49. The smallest absolute Gasteiger partial charge is 0.338 e. The average molecular weight is 467 g/mol. The standard InChI is InChI=1S/C23H22N4O5S/c1-13-20(22(30)27(26(13)3)16-7-5-4-6-8-16)25-21(29)14(2)32-23(31)15-9-10-18-17(11-15)24-19(28)12-33-18/h4-11,14H,12H2,1-3H3,(H,24,28)(H,25,29). The van der Waals surface area contributed by atoms with E-state index in [4.69, 9.17) is 4.74 Å². The molecule has 0 radical (unpaired) electrons. The lowest BCUT2D eigenvalue weighted by molar-refractivity contribution is -0.123. The monoisotopic (exact) mass is 466 g/mol. The summed E-state index contributed by atoms with van der Waals surface area (Å²) in [7, 11) is 1.72. The van der Waals surface area contributed by atoms with Gasteiger partial charge in [0.1, 0.15) is 5.69 Å². The second-order valence-corrected chi connectivity index (χ2v) is 8.54. The lowest BCUT2D eigenvalue weighted by atomic mass is 10.2. The topological polar surface area (TPSA) is 111 Å². The predicted molar refractivity (Wildman–Crippen MR) is 125 cm³/mol. The molecule has 2 heterocycles. The number of carbonyl (C=O) groups is 3. The fraction of sp³-hybridized carbons (Fsp3) is 0.217. The zero-order valence-corrected chi connectivity index (χ0v) is 19.1. The zero-order chi connectivity index (χ0) is 23.7. The first-order valence-electron chi connectivity index (χ1n) is 10.2. The molecule has 33 heavy (non-hydrogen) atoms. The molecule has 9 nitrogen and oxygen atoms in total. The van der Waals surface area contributed by atoms with Gasteiger partial charge in [-0.15, -0.1) is 11.8 Å². The number of benzene rings is 2. The van der Waals surface area contributed by atoms with Crippen LogP contribution in [0.4, 0.5) is 11.4 Å². The molecule has 2 amide bonds. The number of hydrogen-bond acceptors (Lipinski definition) is 6. The molecule has 0 spiro atoms. The number of anilines is 2. The molecular formula is C23H22N4O5S. The van der Waals surface area contributed by atoms with Gasteiger partial charge in [-0.05, 0) is 44.2 Å². The van der Waals surface area contributed by atoms with Gasteiger partial charge in [0, 0.05) is 11.9 Å². The van der Waals surface area contributed by atoms with Gasteiger partial charge in [-0.3, -0.25) is 19.1 Å². The van der Waals surface area contributed by atoms with Crippen molar-refractivity contribution >= 4 is 40.9 Å². The quantitative estimate of drug-likeness (QED) is 0.560. The van der Waals surface area contributed by atoms with Crippen LogP contribution >= 0.6 is 11.8 Å². The van der Waals surface area contributed by atoms with Crippen LogP contribution in [-0.4, -0.2) is 39.0 Å². The molecule has 0 bridgehead atoms. The van der Waals surface area contributed by atoms with Crippen molar-refractivity contribution in [3.8, 4) is 5.69 Å². The van der Waals surface area contributed by atoms with E-state index < -0.39 is 23.5 Å². The number of rotatable bonds is 5. The lowest BCUT2D eigenvalue weighted by Gasteiger charge is -2.17. The molecular weight excluding hydrogens is 444 g/mol. The van der Waals surface area contributed by atoms with Crippen molar-refractivity contribution in [3.63, 3.8) is 0 Å². The molecule has 10 heteroatoms. The van der Waals surface area contributed by atoms with Crippen LogP contribution in [-0.2, 0) is 21.4 Å². The maximum atomic E-state index is 13.0. The number of thioether (sulfide) groups is 1. The fourth-order valence-corrected chi connectivity index (χ4v) is 4.22. The Morgan fingerprint density at radius 1 is 1.15 bits per heavy atom. The third-order valence-corrected chi connectivity index (χ3v) is 6.38. The number of carbonyl (C=O) groups excluding carboxylic acids is 3. The van der Waals surface area contributed by atoms with Crippen LogP contribution in [0.2, 0.25) is 0 Å². The van der Waals surface area contributed by atoms with Crippen LogP contribution in [0.1, 0.15) is 23.0 Å². The highest BCUT2D eigenvalue weighted by molar-refractivity contribution is 8.00. The molecule has 0 saturated heterocycles. The van der Waals surface area contributed by atoms with Gasteiger partial charge in [0.25, 0.3) is 11.5 Å². The van der Waals surface area contributed by atoms with Crippen LogP contribution < -0.4 is 16.2 Å². The molecule has 1 aliphatic rings. The van der Waals surface area contributed by atoms with Gasteiger partial charge in [0.15, 0.2) is 6.10 Å². The summed E-state index contributed by atoms with van der Waals surface area (Å²) in [6.45, 7) is 3.14. The summed E-state index contributed by atoms with van der Waals surface area (Å²) in [6.07, 6.45) is -1.15. The molecule has 1 unspecified atom stereocenters. The molecule has 0 aliphatic carbocycles. The zero-order valence-electron chi connectivity index (χ0n) is 18.2. The summed E-state index contributed by atoms with van der Waals surface area (Å²) in [5.74, 6) is -1.17. The van der Waals surface area contributed by atoms with Crippen molar-refractivity contribution in [2.45, 2.75) is 24.8 Å². The van der Waals surface area contributed by atoms with E-state index in [0.717, 1.165) is 4.90 Å². The third-order valence-electron chi connectivity index (χ3n) is 5.30. The molecule has 2 N–H and O–H groups in total. The predicted octanol–water partition coefficient (Wildman–Crippen LogP) is 2.71. The molecule has 3 aromatic rings. The maximum Gasteiger partial charge on any atom is 0.338 e. The number of nitrogens with one attached hydrogen (secondary N) is 2. The molecule has 1 aromatic heterocycles. The van der Waals surface area contributed by atoms with Gasteiger partial charge < -0.3 is 15.4 Å². The number of nitrogens with zero attached hydrogens (tertiary/aromatic N) is 2. The van der Waals surface area contributed by atoms with E-state index in [1.165, 1.54) is 29.4 Å². The van der Waals surface area contributed by atoms with Gasteiger partial charge in [-0.1, -0.05) is 18.2 Å². The lowest BCUT2D eigenvalue weighted by Crippen LogP contribution is -2.32. The minimum Gasteiger partial charge on any atom is -0.449 e. The number of amides is 2. The van der Waals surface area contributed by atoms with Crippen LogP contribution in [0, 0.1) is 6.92 Å². The van der Waals surface area contributed by atoms with Crippen LogP contribution in [0.15, 0.2) is 58.2 Å². The number of aromatic nitrogens is 2. The summed E-state index contributed by atoms with van der Waals surface area (Å²) < 4.78 is 8.39. The van der Waals surface area contributed by atoms with Crippen molar-refractivity contribution in [3.05, 3.63) is 70.1 Å².